The third-order valence-corrected chi connectivity index (χ3v) is 6.77. The average molecular weight is 407 g/mol. The van der Waals surface area contributed by atoms with Crippen LogP contribution >= 0.6 is 0 Å². The quantitative estimate of drug-likeness (QED) is 0.824. The van der Waals surface area contributed by atoms with E-state index in [4.69, 9.17) is 4.74 Å². The molecule has 0 unspecified atom stereocenters. The lowest BCUT2D eigenvalue weighted by Gasteiger charge is -2.21. The van der Waals surface area contributed by atoms with Gasteiger partial charge >= 0.3 is 0 Å². The van der Waals surface area contributed by atoms with Gasteiger partial charge in [-0.15, -0.1) is 0 Å². The van der Waals surface area contributed by atoms with E-state index in [0.29, 0.717) is 18.9 Å². The first-order valence-electron chi connectivity index (χ1n) is 9.33. The first-order chi connectivity index (χ1) is 13.3. The van der Waals surface area contributed by atoms with E-state index in [2.05, 4.69) is 10.4 Å². The van der Waals surface area contributed by atoms with Crippen molar-refractivity contribution >= 4 is 21.7 Å². The van der Waals surface area contributed by atoms with E-state index >= 15 is 0 Å². The fraction of sp³-hybridized carbons (Fsp3) is 0.474. The number of carbonyl (C=O) groups excluding carboxylic acids is 1. The number of methoxy groups -OCH3 is 1. The minimum Gasteiger partial charge on any atom is -0.495 e. The molecule has 0 bridgehead atoms. The molecule has 1 fully saturated rings. The van der Waals surface area contributed by atoms with Crippen molar-refractivity contribution in [3.8, 4) is 5.75 Å². The fourth-order valence-electron chi connectivity index (χ4n) is 3.36. The molecule has 3 rings (SSSR count). The Balaban J connectivity index is 1.93. The van der Waals surface area contributed by atoms with Crippen LogP contribution in [0.2, 0.25) is 0 Å². The van der Waals surface area contributed by atoms with Crippen LogP contribution in [0.25, 0.3) is 0 Å². The number of anilines is 1. The Bertz CT molecular complexity index is 960. The smallest absolute Gasteiger partial charge is 0.256 e. The molecule has 1 saturated heterocycles. The fourth-order valence-corrected chi connectivity index (χ4v) is 5.06. The second-order valence-corrected chi connectivity index (χ2v) is 8.84. The van der Waals surface area contributed by atoms with E-state index < -0.39 is 15.9 Å². The number of benzene rings is 1. The summed E-state index contributed by atoms with van der Waals surface area (Å²) in [6.45, 7) is 2.79. The summed E-state index contributed by atoms with van der Waals surface area (Å²) in [6, 6.07) is 6.21. The first kappa shape index (κ1) is 20.3. The van der Waals surface area contributed by atoms with Crippen LogP contribution in [-0.2, 0) is 17.1 Å². The molecule has 0 spiro atoms. The van der Waals surface area contributed by atoms with E-state index in [1.807, 2.05) is 6.92 Å². The van der Waals surface area contributed by atoms with Gasteiger partial charge < -0.3 is 10.1 Å². The molecule has 1 N–H and O–H groups in total. The highest BCUT2D eigenvalue weighted by Crippen LogP contribution is 2.29. The summed E-state index contributed by atoms with van der Waals surface area (Å²) >= 11 is 0. The van der Waals surface area contributed by atoms with Gasteiger partial charge in [-0.25, -0.2) is 8.42 Å². The van der Waals surface area contributed by atoms with E-state index in [1.165, 1.54) is 23.5 Å². The molecule has 8 nitrogen and oxygen atoms in total. The van der Waals surface area contributed by atoms with Crippen molar-refractivity contribution < 1.29 is 17.9 Å². The van der Waals surface area contributed by atoms with Gasteiger partial charge in [0.15, 0.2) is 0 Å². The minimum atomic E-state index is -3.75. The van der Waals surface area contributed by atoms with Crippen LogP contribution in [0.15, 0.2) is 29.2 Å². The molecule has 1 aromatic heterocycles. The Kier molecular flexibility index (Phi) is 6.04. The molecule has 152 valence electrons. The highest BCUT2D eigenvalue weighted by molar-refractivity contribution is 7.89. The number of ether oxygens (including phenoxy) is 1. The molecule has 1 aliphatic heterocycles. The zero-order valence-electron chi connectivity index (χ0n) is 16.4. The lowest BCUT2D eigenvalue weighted by molar-refractivity contribution is 0.102. The van der Waals surface area contributed by atoms with E-state index in [0.717, 1.165) is 31.4 Å². The lowest BCUT2D eigenvalue weighted by Crippen LogP contribution is -2.32. The Hall–Kier alpha value is -2.39. The van der Waals surface area contributed by atoms with Crippen molar-refractivity contribution in [1.29, 1.82) is 0 Å². The number of aryl methyl sites for hydroxylation is 2. The Morgan fingerprint density at radius 2 is 1.82 bits per heavy atom. The molecule has 1 aliphatic rings. The number of amides is 1. The zero-order valence-corrected chi connectivity index (χ0v) is 17.3. The summed E-state index contributed by atoms with van der Waals surface area (Å²) in [5.41, 5.74) is 1.02. The molecule has 1 aromatic carbocycles. The minimum absolute atomic E-state index is 0.0192. The SMILES string of the molecule is COc1ccc(C(=O)Nc2cc(C)nn2C)cc1S(=O)(=O)N1CCCCCC1. The molecule has 0 saturated carbocycles. The normalized spacial score (nSPS) is 15.8. The molecule has 0 aliphatic carbocycles. The van der Waals surface area contributed by atoms with E-state index in [9.17, 15) is 13.2 Å². The molecular formula is C19H26N4O4S. The number of rotatable bonds is 5. The van der Waals surface area contributed by atoms with Crippen molar-refractivity contribution in [3.63, 3.8) is 0 Å². The van der Waals surface area contributed by atoms with Crippen LogP contribution in [-0.4, -0.2) is 48.6 Å². The maximum absolute atomic E-state index is 13.2. The van der Waals surface area contributed by atoms with E-state index in [1.54, 1.807) is 23.9 Å². The van der Waals surface area contributed by atoms with Gasteiger partial charge in [-0.3, -0.25) is 9.48 Å². The number of nitrogens with one attached hydrogen (secondary N) is 1. The van der Waals surface area contributed by atoms with Crippen molar-refractivity contribution in [3.05, 3.63) is 35.5 Å². The number of hydrogen-bond donors (Lipinski definition) is 1. The molecule has 0 atom stereocenters. The number of hydrogen-bond acceptors (Lipinski definition) is 5. The van der Waals surface area contributed by atoms with Crippen molar-refractivity contribution in [2.75, 3.05) is 25.5 Å². The summed E-state index contributed by atoms with van der Waals surface area (Å²) < 4.78 is 34.7. The molecule has 1 amide bonds. The van der Waals surface area contributed by atoms with Gasteiger partial charge in [-0.2, -0.15) is 9.40 Å². The highest BCUT2D eigenvalue weighted by Gasteiger charge is 2.29. The van der Waals surface area contributed by atoms with Crippen LogP contribution in [0.4, 0.5) is 5.82 Å². The van der Waals surface area contributed by atoms with Crippen molar-refractivity contribution in [2.24, 2.45) is 7.05 Å². The van der Waals surface area contributed by atoms with Gasteiger partial charge in [-0.1, -0.05) is 12.8 Å². The Labute approximate surface area is 165 Å². The lowest BCUT2D eigenvalue weighted by atomic mass is 10.2. The number of sulfonamides is 1. The highest BCUT2D eigenvalue weighted by atomic mass is 32.2. The third kappa shape index (κ3) is 4.20. The molecule has 2 heterocycles. The van der Waals surface area contributed by atoms with Gasteiger partial charge in [0, 0.05) is 31.8 Å². The number of aromatic nitrogens is 2. The monoisotopic (exact) mass is 406 g/mol. The van der Waals surface area contributed by atoms with Crippen LogP contribution in [0.1, 0.15) is 41.7 Å². The molecule has 2 aromatic rings. The predicted molar refractivity (Wildman–Crippen MR) is 106 cm³/mol. The maximum atomic E-state index is 13.2. The van der Waals surface area contributed by atoms with Crippen LogP contribution in [0.5, 0.6) is 5.75 Å². The average Bonchev–Trinajstić information content (AvgIpc) is 2.87. The van der Waals surface area contributed by atoms with Crippen LogP contribution in [0, 0.1) is 6.92 Å². The second kappa shape index (κ2) is 8.32. The predicted octanol–water partition coefficient (Wildman–Crippen LogP) is 2.55. The van der Waals surface area contributed by atoms with Gasteiger partial charge in [0.1, 0.15) is 16.5 Å². The zero-order chi connectivity index (χ0) is 20.3. The Morgan fingerprint density at radius 1 is 1.14 bits per heavy atom. The van der Waals surface area contributed by atoms with Crippen LogP contribution < -0.4 is 10.1 Å². The van der Waals surface area contributed by atoms with Gasteiger partial charge in [0.2, 0.25) is 10.0 Å². The molecular weight excluding hydrogens is 380 g/mol. The first-order valence-corrected chi connectivity index (χ1v) is 10.8. The second-order valence-electron chi connectivity index (χ2n) is 6.93. The van der Waals surface area contributed by atoms with Gasteiger partial charge in [0.25, 0.3) is 5.91 Å². The maximum Gasteiger partial charge on any atom is 0.256 e. The molecule has 28 heavy (non-hydrogen) atoms. The summed E-state index contributed by atoms with van der Waals surface area (Å²) in [7, 11) is -0.597. The van der Waals surface area contributed by atoms with Crippen molar-refractivity contribution in [2.45, 2.75) is 37.5 Å². The van der Waals surface area contributed by atoms with Crippen LogP contribution in [0.3, 0.4) is 0 Å². The number of carbonyl (C=O) groups is 1. The van der Waals surface area contributed by atoms with E-state index in [-0.39, 0.29) is 16.2 Å². The molecule has 0 radical (unpaired) electrons. The summed E-state index contributed by atoms with van der Waals surface area (Å²) in [6.07, 6.45) is 3.72. The Morgan fingerprint density at radius 3 is 2.39 bits per heavy atom. The number of nitrogens with zero attached hydrogens (tertiary/aromatic N) is 3. The van der Waals surface area contributed by atoms with Gasteiger partial charge in [0.05, 0.1) is 12.8 Å². The van der Waals surface area contributed by atoms with Gasteiger partial charge in [-0.05, 0) is 38.0 Å². The summed E-state index contributed by atoms with van der Waals surface area (Å²) in [4.78, 5) is 12.7. The summed E-state index contributed by atoms with van der Waals surface area (Å²) in [5.74, 6) is 0.366. The third-order valence-electron chi connectivity index (χ3n) is 4.85. The standard InChI is InChI=1S/C19H26N4O4S/c1-14-12-18(22(2)21-14)20-19(24)15-8-9-16(27-3)17(13-15)28(25,26)23-10-6-4-5-7-11-23/h8-9,12-13H,4-7,10-11H2,1-3H3,(H,20,24). The topological polar surface area (TPSA) is 93.5 Å². The van der Waals surface area contributed by atoms with Crippen molar-refractivity contribution in [1.82, 2.24) is 14.1 Å². The molecule has 9 heteroatoms. The summed E-state index contributed by atoms with van der Waals surface area (Å²) in [5, 5.41) is 6.96. The largest absolute Gasteiger partial charge is 0.495 e.